The Labute approximate surface area is 215 Å². The lowest BCUT2D eigenvalue weighted by atomic mass is 10.1. The van der Waals surface area contributed by atoms with Gasteiger partial charge in [-0.3, -0.25) is 4.57 Å². The summed E-state index contributed by atoms with van der Waals surface area (Å²) < 4.78 is 12.8. The molecule has 5 aromatic rings. The molecule has 5 rings (SSSR count). The predicted molar refractivity (Wildman–Crippen MR) is 147 cm³/mol. The molecule has 186 valence electrons. The molecular weight excluding hydrogens is 464 g/mol. The maximum absolute atomic E-state index is 12.6. The number of nitrogens with zero attached hydrogens (tertiary/aromatic N) is 2. The van der Waals surface area contributed by atoms with Crippen molar-refractivity contribution in [3.63, 3.8) is 0 Å². The summed E-state index contributed by atoms with van der Waals surface area (Å²) in [4.78, 5) is 17.5. The first-order chi connectivity index (χ1) is 18.1. The molecule has 0 spiro atoms. The normalized spacial score (nSPS) is 10.8. The van der Waals surface area contributed by atoms with E-state index in [0.717, 1.165) is 41.0 Å². The summed E-state index contributed by atoms with van der Waals surface area (Å²) in [6.07, 6.45) is 1.61. The number of aryl methyl sites for hydroxylation is 2. The standard InChI is InChI=1S/C30H28N4O3/c1-36-24-17-18-28(37-2)26(20-24)33-30(35)31-22-15-12-21(13-16-22)14-19-29-32-25-10-6-7-11-27(25)34(29)23-8-4-3-5-9-23/h3-13,15-18,20H,14,19H2,1-2H3,(H2,31,33,35). The van der Waals surface area contributed by atoms with Crippen LogP contribution in [0.4, 0.5) is 16.2 Å². The number of para-hydroxylation sites is 3. The van der Waals surface area contributed by atoms with Gasteiger partial charge in [0.05, 0.1) is 30.9 Å². The quantitative estimate of drug-likeness (QED) is 0.260. The number of urea groups is 1. The molecule has 0 saturated carbocycles. The van der Waals surface area contributed by atoms with Crippen LogP contribution in [0.25, 0.3) is 16.7 Å². The van der Waals surface area contributed by atoms with Crippen LogP contribution in [0.15, 0.2) is 97.1 Å². The first-order valence-electron chi connectivity index (χ1n) is 12.1. The molecule has 7 nitrogen and oxygen atoms in total. The highest BCUT2D eigenvalue weighted by Gasteiger charge is 2.13. The fraction of sp³-hybridized carbons (Fsp3) is 0.133. The van der Waals surface area contributed by atoms with Crippen molar-refractivity contribution in [2.24, 2.45) is 0 Å². The topological polar surface area (TPSA) is 77.4 Å². The fourth-order valence-electron chi connectivity index (χ4n) is 4.32. The SMILES string of the molecule is COc1ccc(OC)c(NC(=O)Nc2ccc(CCc3nc4ccccc4n3-c3ccccc3)cc2)c1. The highest BCUT2D eigenvalue weighted by Crippen LogP contribution is 2.29. The molecule has 0 aliphatic rings. The minimum absolute atomic E-state index is 0.365. The zero-order chi connectivity index (χ0) is 25.6. The number of anilines is 2. The summed E-state index contributed by atoms with van der Waals surface area (Å²) in [6, 6.07) is 31.2. The number of carbonyl (C=O) groups is 1. The average molecular weight is 493 g/mol. The number of ether oxygens (including phenoxy) is 2. The summed E-state index contributed by atoms with van der Waals surface area (Å²) in [7, 11) is 3.13. The number of hydrogen-bond donors (Lipinski definition) is 2. The zero-order valence-electron chi connectivity index (χ0n) is 20.8. The number of nitrogens with one attached hydrogen (secondary N) is 2. The van der Waals surface area contributed by atoms with E-state index in [1.807, 2.05) is 60.7 Å². The first-order valence-corrected chi connectivity index (χ1v) is 12.1. The number of amides is 2. The Hall–Kier alpha value is -4.78. The average Bonchev–Trinajstić information content (AvgIpc) is 3.31. The van der Waals surface area contributed by atoms with Crippen LogP contribution >= 0.6 is 0 Å². The smallest absolute Gasteiger partial charge is 0.323 e. The number of fused-ring (bicyclic) bond motifs is 1. The van der Waals surface area contributed by atoms with E-state index in [1.54, 1.807) is 32.4 Å². The second-order valence-corrected chi connectivity index (χ2v) is 8.53. The minimum atomic E-state index is -0.365. The Kier molecular flexibility index (Phi) is 7.03. The van der Waals surface area contributed by atoms with Gasteiger partial charge in [0.15, 0.2) is 0 Å². The van der Waals surface area contributed by atoms with Crippen molar-refractivity contribution in [3.8, 4) is 17.2 Å². The third kappa shape index (κ3) is 5.41. The van der Waals surface area contributed by atoms with Crippen molar-refractivity contribution in [2.75, 3.05) is 24.9 Å². The molecule has 2 amide bonds. The Morgan fingerprint density at radius 1 is 0.811 bits per heavy atom. The summed E-state index contributed by atoms with van der Waals surface area (Å²) in [5.74, 6) is 2.19. The molecule has 0 radical (unpaired) electrons. The number of aromatic nitrogens is 2. The monoisotopic (exact) mass is 492 g/mol. The predicted octanol–water partition coefficient (Wildman–Crippen LogP) is 6.47. The van der Waals surface area contributed by atoms with Crippen LogP contribution in [0.1, 0.15) is 11.4 Å². The molecule has 4 aromatic carbocycles. The van der Waals surface area contributed by atoms with Gasteiger partial charge in [-0.05, 0) is 60.5 Å². The van der Waals surface area contributed by atoms with Gasteiger partial charge in [-0.1, -0.05) is 42.5 Å². The van der Waals surface area contributed by atoms with Crippen molar-refractivity contribution >= 4 is 28.4 Å². The van der Waals surface area contributed by atoms with E-state index >= 15 is 0 Å². The van der Waals surface area contributed by atoms with E-state index in [2.05, 4.69) is 33.4 Å². The van der Waals surface area contributed by atoms with E-state index in [9.17, 15) is 4.79 Å². The summed E-state index contributed by atoms with van der Waals surface area (Å²) >= 11 is 0. The van der Waals surface area contributed by atoms with Crippen LogP contribution in [0, 0.1) is 0 Å². The second kappa shape index (κ2) is 10.9. The maximum Gasteiger partial charge on any atom is 0.323 e. The van der Waals surface area contributed by atoms with Gasteiger partial charge in [-0.25, -0.2) is 9.78 Å². The summed E-state index contributed by atoms with van der Waals surface area (Å²) in [6.45, 7) is 0. The van der Waals surface area contributed by atoms with Crippen molar-refractivity contribution < 1.29 is 14.3 Å². The van der Waals surface area contributed by atoms with E-state index < -0.39 is 0 Å². The van der Waals surface area contributed by atoms with Gasteiger partial charge in [0.25, 0.3) is 0 Å². The molecule has 0 saturated heterocycles. The van der Waals surface area contributed by atoms with Crippen LogP contribution in [0.5, 0.6) is 11.5 Å². The largest absolute Gasteiger partial charge is 0.497 e. The van der Waals surface area contributed by atoms with Crippen LogP contribution in [-0.2, 0) is 12.8 Å². The molecule has 0 atom stereocenters. The van der Waals surface area contributed by atoms with Crippen molar-refractivity contribution in [1.82, 2.24) is 9.55 Å². The van der Waals surface area contributed by atoms with Crippen molar-refractivity contribution in [1.29, 1.82) is 0 Å². The number of rotatable bonds is 8. The van der Waals surface area contributed by atoms with Gasteiger partial charge in [-0.15, -0.1) is 0 Å². The molecule has 0 unspecified atom stereocenters. The Morgan fingerprint density at radius 2 is 1.57 bits per heavy atom. The molecule has 7 heteroatoms. The molecule has 0 bridgehead atoms. The molecule has 37 heavy (non-hydrogen) atoms. The molecule has 0 aliphatic heterocycles. The van der Waals surface area contributed by atoms with Crippen molar-refractivity contribution in [2.45, 2.75) is 12.8 Å². The zero-order valence-corrected chi connectivity index (χ0v) is 20.8. The highest BCUT2D eigenvalue weighted by molar-refractivity contribution is 6.00. The summed E-state index contributed by atoms with van der Waals surface area (Å²) in [5, 5.41) is 5.68. The Morgan fingerprint density at radius 3 is 2.32 bits per heavy atom. The molecule has 0 fully saturated rings. The van der Waals surface area contributed by atoms with E-state index in [-0.39, 0.29) is 6.03 Å². The van der Waals surface area contributed by atoms with Crippen LogP contribution < -0.4 is 20.1 Å². The molecule has 2 N–H and O–H groups in total. The Balaban J connectivity index is 1.26. The number of imidazole rings is 1. The second-order valence-electron chi connectivity index (χ2n) is 8.53. The number of hydrogen-bond acceptors (Lipinski definition) is 4. The molecule has 1 aromatic heterocycles. The summed E-state index contributed by atoms with van der Waals surface area (Å²) in [5.41, 5.74) is 5.56. The minimum Gasteiger partial charge on any atom is -0.497 e. The van der Waals surface area contributed by atoms with Gasteiger partial charge in [0.1, 0.15) is 17.3 Å². The van der Waals surface area contributed by atoms with Crippen LogP contribution in [0.2, 0.25) is 0 Å². The Bertz CT molecular complexity index is 1510. The number of benzene rings is 4. The maximum atomic E-state index is 12.6. The molecule has 1 heterocycles. The fourth-order valence-corrected chi connectivity index (χ4v) is 4.32. The lowest BCUT2D eigenvalue weighted by Crippen LogP contribution is -2.19. The van der Waals surface area contributed by atoms with Gasteiger partial charge in [0, 0.05) is 23.9 Å². The van der Waals surface area contributed by atoms with Gasteiger partial charge in [-0.2, -0.15) is 0 Å². The van der Waals surface area contributed by atoms with E-state index in [4.69, 9.17) is 14.5 Å². The van der Waals surface area contributed by atoms with Gasteiger partial charge >= 0.3 is 6.03 Å². The van der Waals surface area contributed by atoms with Crippen LogP contribution in [0.3, 0.4) is 0 Å². The third-order valence-electron chi connectivity index (χ3n) is 6.15. The number of carbonyl (C=O) groups excluding carboxylic acids is 1. The lowest BCUT2D eigenvalue weighted by Gasteiger charge is -2.13. The van der Waals surface area contributed by atoms with Gasteiger partial charge < -0.3 is 20.1 Å². The molecular formula is C30H28N4O3. The van der Waals surface area contributed by atoms with Crippen LogP contribution in [-0.4, -0.2) is 29.8 Å². The number of methoxy groups -OCH3 is 2. The third-order valence-corrected chi connectivity index (χ3v) is 6.15. The van der Waals surface area contributed by atoms with Gasteiger partial charge in [0.2, 0.25) is 0 Å². The molecule has 0 aliphatic carbocycles. The highest BCUT2D eigenvalue weighted by atomic mass is 16.5. The lowest BCUT2D eigenvalue weighted by molar-refractivity contribution is 0.262. The van der Waals surface area contributed by atoms with E-state index in [0.29, 0.717) is 22.9 Å². The first kappa shape index (κ1) is 23.9. The van der Waals surface area contributed by atoms with Crippen molar-refractivity contribution in [3.05, 3.63) is 108 Å². The van der Waals surface area contributed by atoms with E-state index in [1.165, 1.54) is 0 Å².